The predicted octanol–water partition coefficient (Wildman–Crippen LogP) is 3.19. The fraction of sp³-hybridized carbons (Fsp3) is 0.478. The molecular weight excluding hydrogens is 468 g/mol. The summed E-state index contributed by atoms with van der Waals surface area (Å²) in [7, 11) is -0.639. The molecule has 0 aromatic heterocycles. The molecule has 1 fully saturated rings. The van der Waals surface area contributed by atoms with Crippen LogP contribution >= 0.6 is 11.6 Å². The molecule has 1 saturated heterocycles. The van der Waals surface area contributed by atoms with Crippen LogP contribution in [0.2, 0.25) is 5.02 Å². The second-order valence-electron chi connectivity index (χ2n) is 8.25. The Morgan fingerprint density at radius 3 is 2.55 bits per heavy atom. The number of rotatable bonds is 8. The van der Waals surface area contributed by atoms with Crippen LogP contribution < -0.4 is 23.7 Å². The van der Waals surface area contributed by atoms with Crippen molar-refractivity contribution in [2.45, 2.75) is 23.8 Å². The second-order valence-corrected chi connectivity index (χ2v) is 10.5. The lowest BCUT2D eigenvalue weighted by Gasteiger charge is -2.35. The number of ether oxygens (including phenoxy) is 4. The monoisotopic (exact) mass is 496 g/mol. The molecule has 2 aromatic rings. The molecule has 0 bridgehead atoms. The molecule has 2 aromatic carbocycles. The molecule has 180 valence electrons. The molecule has 0 radical (unpaired) electrons. The van der Waals surface area contributed by atoms with E-state index >= 15 is 0 Å². The molecule has 0 aliphatic carbocycles. The third kappa shape index (κ3) is 5.84. The molecule has 2 aliphatic rings. The molecule has 0 amide bonds. The number of methoxy groups -OCH3 is 2. The first-order chi connectivity index (χ1) is 15.9. The van der Waals surface area contributed by atoms with Crippen molar-refractivity contribution in [2.24, 2.45) is 5.92 Å². The van der Waals surface area contributed by atoms with Gasteiger partial charge in [0.1, 0.15) is 12.7 Å². The van der Waals surface area contributed by atoms with E-state index in [2.05, 4.69) is 9.62 Å². The van der Waals surface area contributed by atoms with Gasteiger partial charge in [-0.2, -0.15) is 0 Å². The van der Waals surface area contributed by atoms with Gasteiger partial charge in [-0.3, -0.25) is 4.90 Å². The van der Waals surface area contributed by atoms with E-state index < -0.39 is 10.0 Å². The summed E-state index contributed by atoms with van der Waals surface area (Å²) in [5, 5.41) is 0.620. The van der Waals surface area contributed by atoms with Gasteiger partial charge >= 0.3 is 0 Å². The third-order valence-electron chi connectivity index (χ3n) is 6.02. The molecule has 1 N–H and O–H groups in total. The normalized spacial score (nSPS) is 19.3. The van der Waals surface area contributed by atoms with Crippen LogP contribution in [0.15, 0.2) is 41.3 Å². The molecule has 8 nitrogen and oxygen atoms in total. The number of likely N-dealkylation sites (tertiary alicyclic amines) is 1. The minimum atomic E-state index is -3.63. The van der Waals surface area contributed by atoms with Crippen LogP contribution in [0, 0.1) is 5.92 Å². The molecule has 0 saturated carbocycles. The van der Waals surface area contributed by atoms with Crippen molar-refractivity contribution in [1.29, 1.82) is 0 Å². The van der Waals surface area contributed by atoms with Gasteiger partial charge in [-0.05, 0) is 56.1 Å². The number of nitrogens with one attached hydrogen (secondary N) is 1. The number of hydrogen-bond donors (Lipinski definition) is 1. The molecule has 1 unspecified atom stereocenters. The van der Waals surface area contributed by atoms with Crippen LogP contribution in [-0.2, 0) is 10.0 Å². The van der Waals surface area contributed by atoms with E-state index in [-0.39, 0.29) is 16.9 Å². The fourth-order valence-electron chi connectivity index (χ4n) is 4.14. The largest absolute Gasteiger partial charge is 0.493 e. The van der Waals surface area contributed by atoms with Gasteiger partial charge in [0.05, 0.1) is 19.1 Å². The highest BCUT2D eigenvalue weighted by molar-refractivity contribution is 7.89. The van der Waals surface area contributed by atoms with Crippen molar-refractivity contribution in [1.82, 2.24) is 9.62 Å². The number of hydrogen-bond acceptors (Lipinski definition) is 7. The highest BCUT2D eigenvalue weighted by Crippen LogP contribution is 2.34. The van der Waals surface area contributed by atoms with Crippen molar-refractivity contribution in [3.8, 4) is 23.0 Å². The first-order valence-electron chi connectivity index (χ1n) is 10.9. The quantitative estimate of drug-likeness (QED) is 0.600. The summed E-state index contributed by atoms with van der Waals surface area (Å²) >= 11 is 6.06. The van der Waals surface area contributed by atoms with Gasteiger partial charge in [0.25, 0.3) is 0 Å². The molecule has 0 spiro atoms. The lowest BCUT2D eigenvalue weighted by Crippen LogP contribution is -2.45. The zero-order valence-electron chi connectivity index (χ0n) is 18.8. The Morgan fingerprint density at radius 2 is 1.82 bits per heavy atom. The molecule has 1 atom stereocenters. The van der Waals surface area contributed by atoms with Gasteiger partial charge < -0.3 is 18.9 Å². The van der Waals surface area contributed by atoms with Gasteiger partial charge in [-0.25, -0.2) is 13.1 Å². The maximum Gasteiger partial charge on any atom is 0.240 e. The van der Waals surface area contributed by atoms with Gasteiger partial charge in [0.2, 0.25) is 10.0 Å². The Bertz CT molecular complexity index is 1070. The SMILES string of the molecule is COc1ccc(S(=O)(=O)NCC2CCN(CC3COc4ccc(Cl)cc4O3)CC2)cc1OC. The minimum Gasteiger partial charge on any atom is -0.493 e. The Labute approximate surface area is 199 Å². The summed E-state index contributed by atoms with van der Waals surface area (Å²) in [5.74, 6) is 2.55. The highest BCUT2D eigenvalue weighted by Gasteiger charge is 2.27. The fourth-order valence-corrected chi connectivity index (χ4v) is 5.43. The van der Waals surface area contributed by atoms with Crippen molar-refractivity contribution < 1.29 is 27.4 Å². The number of sulfonamides is 1. The van der Waals surface area contributed by atoms with Crippen LogP contribution in [0.25, 0.3) is 0 Å². The number of piperidine rings is 1. The summed E-state index contributed by atoms with van der Waals surface area (Å²) in [5.41, 5.74) is 0. The van der Waals surface area contributed by atoms with Gasteiger partial charge in [-0.15, -0.1) is 0 Å². The topological polar surface area (TPSA) is 86.3 Å². The van der Waals surface area contributed by atoms with Crippen LogP contribution in [0.4, 0.5) is 0 Å². The van der Waals surface area contributed by atoms with E-state index in [0.717, 1.165) is 38.2 Å². The van der Waals surface area contributed by atoms with Crippen LogP contribution in [0.3, 0.4) is 0 Å². The van der Waals surface area contributed by atoms with Gasteiger partial charge in [0.15, 0.2) is 23.0 Å². The lowest BCUT2D eigenvalue weighted by atomic mass is 9.97. The molecule has 33 heavy (non-hydrogen) atoms. The summed E-state index contributed by atoms with van der Waals surface area (Å²) in [6.45, 7) is 3.42. The minimum absolute atomic E-state index is 0.0592. The Balaban J connectivity index is 1.25. The average molecular weight is 497 g/mol. The zero-order chi connectivity index (χ0) is 23.4. The van der Waals surface area contributed by atoms with Crippen LogP contribution in [0.5, 0.6) is 23.0 Å². The van der Waals surface area contributed by atoms with Gasteiger partial charge in [0, 0.05) is 30.2 Å². The molecule has 4 rings (SSSR count). The van der Waals surface area contributed by atoms with Crippen LogP contribution in [0.1, 0.15) is 12.8 Å². The molecular formula is C23H29ClN2O6S. The first kappa shape index (κ1) is 23.9. The number of nitrogens with zero attached hydrogens (tertiary/aromatic N) is 1. The first-order valence-corrected chi connectivity index (χ1v) is 12.8. The number of halogens is 1. The summed E-state index contributed by atoms with van der Waals surface area (Å²) in [4.78, 5) is 2.50. The average Bonchev–Trinajstić information content (AvgIpc) is 2.83. The molecule has 10 heteroatoms. The molecule has 2 heterocycles. The smallest absolute Gasteiger partial charge is 0.240 e. The van der Waals surface area contributed by atoms with Crippen molar-refractivity contribution in [2.75, 3.05) is 47.0 Å². The van der Waals surface area contributed by atoms with E-state index in [1.807, 2.05) is 6.07 Å². The standard InChI is InChI=1S/C23H29ClN2O6S/c1-29-20-6-4-19(12-22(20)30-2)33(27,28)25-13-16-7-9-26(10-8-16)14-18-15-31-21-5-3-17(24)11-23(21)32-18/h3-6,11-12,16,18,25H,7-10,13-15H2,1-2H3. The third-order valence-corrected chi connectivity index (χ3v) is 7.68. The maximum atomic E-state index is 12.7. The summed E-state index contributed by atoms with van der Waals surface area (Å²) in [6, 6.07) is 9.97. The molecule has 2 aliphatic heterocycles. The van der Waals surface area contributed by atoms with Crippen molar-refractivity contribution in [3.63, 3.8) is 0 Å². The maximum absolute atomic E-state index is 12.7. The summed E-state index contributed by atoms with van der Waals surface area (Å²) in [6.07, 6.45) is 1.76. The lowest BCUT2D eigenvalue weighted by molar-refractivity contribution is 0.0481. The van der Waals surface area contributed by atoms with E-state index in [4.69, 9.17) is 30.5 Å². The van der Waals surface area contributed by atoms with E-state index in [1.54, 1.807) is 18.2 Å². The van der Waals surface area contributed by atoms with Gasteiger partial charge in [-0.1, -0.05) is 11.6 Å². The Hall–Kier alpha value is -2.20. The van der Waals surface area contributed by atoms with Crippen molar-refractivity contribution >= 4 is 21.6 Å². The zero-order valence-corrected chi connectivity index (χ0v) is 20.3. The van der Waals surface area contributed by atoms with E-state index in [0.29, 0.717) is 35.4 Å². The number of benzene rings is 2. The Morgan fingerprint density at radius 1 is 1.06 bits per heavy atom. The van der Waals surface area contributed by atoms with Crippen LogP contribution in [-0.4, -0.2) is 66.4 Å². The second kappa shape index (κ2) is 10.4. The highest BCUT2D eigenvalue weighted by atomic mass is 35.5. The predicted molar refractivity (Wildman–Crippen MR) is 125 cm³/mol. The van der Waals surface area contributed by atoms with E-state index in [1.165, 1.54) is 26.4 Å². The Kier molecular flexibility index (Phi) is 7.53. The van der Waals surface area contributed by atoms with E-state index in [9.17, 15) is 8.42 Å². The van der Waals surface area contributed by atoms with Crippen molar-refractivity contribution in [3.05, 3.63) is 41.4 Å². The number of fused-ring (bicyclic) bond motifs is 1. The summed E-state index contributed by atoms with van der Waals surface area (Å²) < 4.78 is 50.5.